The zero-order chi connectivity index (χ0) is 17.0. The van der Waals surface area contributed by atoms with Crippen LogP contribution < -0.4 is 10.1 Å². The predicted molar refractivity (Wildman–Crippen MR) is 85.1 cm³/mol. The summed E-state index contributed by atoms with van der Waals surface area (Å²) in [6, 6.07) is 7.59. The van der Waals surface area contributed by atoms with Gasteiger partial charge in [-0.15, -0.1) is 0 Å². The number of amides is 1. The first-order valence-electron chi connectivity index (χ1n) is 7.26. The Morgan fingerprint density at radius 3 is 2.27 bits per heavy atom. The van der Waals surface area contributed by atoms with Crippen LogP contribution in [0, 0.1) is 5.41 Å². The SMILES string of the molecule is CC(C)(CNC(=O)COc1ccccc1C(C)(C)C)C(=O)O. The lowest BCUT2D eigenvalue weighted by Gasteiger charge is -2.23. The predicted octanol–water partition coefficient (Wildman–Crippen LogP) is 2.59. The van der Waals surface area contributed by atoms with Gasteiger partial charge in [0.15, 0.2) is 6.61 Å². The van der Waals surface area contributed by atoms with Gasteiger partial charge in [-0.25, -0.2) is 0 Å². The van der Waals surface area contributed by atoms with Gasteiger partial charge in [0.25, 0.3) is 5.91 Å². The maximum atomic E-state index is 11.8. The van der Waals surface area contributed by atoms with Gasteiger partial charge in [0.2, 0.25) is 0 Å². The zero-order valence-electron chi connectivity index (χ0n) is 13.9. The number of para-hydroxylation sites is 1. The van der Waals surface area contributed by atoms with Crippen molar-refractivity contribution in [3.05, 3.63) is 29.8 Å². The Balaban J connectivity index is 2.61. The van der Waals surface area contributed by atoms with Crippen molar-refractivity contribution in [1.29, 1.82) is 0 Å². The van der Waals surface area contributed by atoms with E-state index in [1.807, 2.05) is 24.3 Å². The molecule has 0 aliphatic carbocycles. The Bertz CT molecular complexity index is 544. The van der Waals surface area contributed by atoms with Crippen molar-refractivity contribution < 1.29 is 19.4 Å². The third-order valence-corrected chi connectivity index (χ3v) is 3.36. The number of benzene rings is 1. The molecule has 0 unspecified atom stereocenters. The van der Waals surface area contributed by atoms with Crippen LogP contribution in [-0.4, -0.2) is 30.1 Å². The van der Waals surface area contributed by atoms with Gasteiger partial charge in [-0.2, -0.15) is 0 Å². The van der Waals surface area contributed by atoms with Crippen LogP contribution in [0.3, 0.4) is 0 Å². The molecule has 2 N–H and O–H groups in total. The molecule has 0 aromatic heterocycles. The second-order valence-corrected chi connectivity index (χ2v) is 7.00. The first kappa shape index (κ1) is 18.0. The number of ether oxygens (including phenoxy) is 1. The second-order valence-electron chi connectivity index (χ2n) is 7.00. The number of rotatable bonds is 6. The quantitative estimate of drug-likeness (QED) is 0.847. The minimum absolute atomic E-state index is 0.0610. The molecule has 1 aromatic rings. The van der Waals surface area contributed by atoms with Gasteiger partial charge in [-0.3, -0.25) is 9.59 Å². The lowest BCUT2D eigenvalue weighted by Crippen LogP contribution is -2.40. The summed E-state index contributed by atoms with van der Waals surface area (Å²) in [4.78, 5) is 22.8. The first-order valence-corrected chi connectivity index (χ1v) is 7.26. The summed E-state index contributed by atoms with van der Waals surface area (Å²) >= 11 is 0. The van der Waals surface area contributed by atoms with Crippen LogP contribution in [-0.2, 0) is 15.0 Å². The molecule has 22 heavy (non-hydrogen) atoms. The van der Waals surface area contributed by atoms with E-state index in [2.05, 4.69) is 26.1 Å². The third-order valence-electron chi connectivity index (χ3n) is 3.36. The van der Waals surface area contributed by atoms with E-state index in [9.17, 15) is 9.59 Å². The number of nitrogens with one attached hydrogen (secondary N) is 1. The number of carbonyl (C=O) groups excluding carboxylic acids is 1. The van der Waals surface area contributed by atoms with Crippen molar-refractivity contribution in [2.75, 3.05) is 13.2 Å². The fourth-order valence-corrected chi connectivity index (χ4v) is 1.80. The number of carboxylic acid groups (broad SMARTS) is 1. The molecule has 0 saturated carbocycles. The lowest BCUT2D eigenvalue weighted by molar-refractivity contribution is -0.146. The van der Waals surface area contributed by atoms with Crippen LogP contribution in [0.4, 0.5) is 0 Å². The summed E-state index contributed by atoms with van der Waals surface area (Å²) < 4.78 is 5.59. The van der Waals surface area contributed by atoms with Crippen molar-refractivity contribution in [1.82, 2.24) is 5.32 Å². The molecule has 5 nitrogen and oxygen atoms in total. The average molecular weight is 307 g/mol. The van der Waals surface area contributed by atoms with E-state index < -0.39 is 11.4 Å². The molecule has 0 aliphatic heterocycles. The van der Waals surface area contributed by atoms with Crippen LogP contribution in [0.2, 0.25) is 0 Å². The second kappa shape index (κ2) is 6.81. The van der Waals surface area contributed by atoms with Crippen LogP contribution >= 0.6 is 0 Å². The molecule has 0 atom stereocenters. The fourth-order valence-electron chi connectivity index (χ4n) is 1.80. The largest absolute Gasteiger partial charge is 0.483 e. The van der Waals surface area contributed by atoms with Gasteiger partial charge < -0.3 is 15.2 Å². The number of aliphatic carboxylic acids is 1. The Morgan fingerprint density at radius 1 is 1.14 bits per heavy atom. The molecule has 122 valence electrons. The van der Waals surface area contributed by atoms with Gasteiger partial charge in [0.05, 0.1) is 5.41 Å². The van der Waals surface area contributed by atoms with E-state index in [0.29, 0.717) is 5.75 Å². The van der Waals surface area contributed by atoms with Gasteiger partial charge >= 0.3 is 5.97 Å². The molecular weight excluding hydrogens is 282 g/mol. The molecule has 1 aromatic carbocycles. The van der Waals surface area contributed by atoms with E-state index in [1.165, 1.54) is 0 Å². The smallest absolute Gasteiger partial charge is 0.310 e. The highest BCUT2D eigenvalue weighted by Gasteiger charge is 2.27. The van der Waals surface area contributed by atoms with Crippen LogP contribution in [0.5, 0.6) is 5.75 Å². The van der Waals surface area contributed by atoms with Crippen molar-refractivity contribution >= 4 is 11.9 Å². The summed E-state index contributed by atoms with van der Waals surface area (Å²) in [5.74, 6) is -0.618. The number of hydrogen-bond donors (Lipinski definition) is 2. The standard InChI is InChI=1S/C17H25NO4/c1-16(2,3)12-8-6-7-9-13(12)22-10-14(19)18-11-17(4,5)15(20)21/h6-9H,10-11H2,1-5H3,(H,18,19)(H,20,21). The highest BCUT2D eigenvalue weighted by atomic mass is 16.5. The zero-order valence-corrected chi connectivity index (χ0v) is 13.9. The Morgan fingerprint density at radius 2 is 1.73 bits per heavy atom. The fraction of sp³-hybridized carbons (Fsp3) is 0.529. The van der Waals surface area contributed by atoms with E-state index >= 15 is 0 Å². The van der Waals surface area contributed by atoms with Crippen LogP contribution in [0.25, 0.3) is 0 Å². The maximum Gasteiger partial charge on any atom is 0.310 e. The molecule has 5 heteroatoms. The Labute approximate surface area is 131 Å². The maximum absolute atomic E-state index is 11.8. The monoisotopic (exact) mass is 307 g/mol. The third kappa shape index (κ3) is 5.06. The molecule has 0 spiro atoms. The van der Waals surface area contributed by atoms with Crippen molar-refractivity contribution in [3.63, 3.8) is 0 Å². The normalized spacial score (nSPS) is 11.9. The van der Waals surface area contributed by atoms with E-state index in [4.69, 9.17) is 9.84 Å². The minimum atomic E-state index is -1.00. The number of carbonyl (C=O) groups is 2. The van der Waals surface area contributed by atoms with Crippen molar-refractivity contribution in [3.8, 4) is 5.75 Å². The number of carboxylic acids is 1. The van der Waals surface area contributed by atoms with Crippen molar-refractivity contribution in [2.24, 2.45) is 5.41 Å². The molecule has 0 radical (unpaired) electrons. The average Bonchev–Trinajstić information content (AvgIpc) is 2.42. The first-order chi connectivity index (χ1) is 10.0. The summed E-state index contributed by atoms with van der Waals surface area (Å²) in [5.41, 5.74) is -0.0641. The van der Waals surface area contributed by atoms with Gasteiger partial charge in [-0.1, -0.05) is 39.0 Å². The number of hydrogen-bond acceptors (Lipinski definition) is 3. The van der Waals surface area contributed by atoms with Crippen LogP contribution in [0.1, 0.15) is 40.2 Å². The Hall–Kier alpha value is -2.04. The van der Waals surface area contributed by atoms with E-state index in [-0.39, 0.29) is 24.5 Å². The molecule has 0 fully saturated rings. The lowest BCUT2D eigenvalue weighted by atomic mass is 9.86. The highest BCUT2D eigenvalue weighted by Crippen LogP contribution is 2.30. The van der Waals surface area contributed by atoms with Gasteiger partial charge in [-0.05, 0) is 30.9 Å². The molecular formula is C17H25NO4. The molecule has 1 rings (SSSR count). The summed E-state index contributed by atoms with van der Waals surface area (Å²) in [6.07, 6.45) is 0. The Kier molecular flexibility index (Phi) is 5.58. The summed E-state index contributed by atoms with van der Waals surface area (Å²) in [5, 5.41) is 11.6. The van der Waals surface area contributed by atoms with Gasteiger partial charge in [0.1, 0.15) is 5.75 Å². The summed E-state index contributed by atoms with van der Waals surface area (Å²) in [7, 11) is 0. The molecule has 0 bridgehead atoms. The van der Waals surface area contributed by atoms with Crippen LogP contribution in [0.15, 0.2) is 24.3 Å². The molecule has 0 aliphatic rings. The van der Waals surface area contributed by atoms with Crippen molar-refractivity contribution in [2.45, 2.75) is 40.0 Å². The molecule has 0 heterocycles. The van der Waals surface area contributed by atoms with E-state index in [1.54, 1.807) is 13.8 Å². The topological polar surface area (TPSA) is 75.6 Å². The minimum Gasteiger partial charge on any atom is -0.483 e. The molecule has 0 saturated heterocycles. The summed E-state index contributed by atoms with van der Waals surface area (Å²) in [6.45, 7) is 9.27. The van der Waals surface area contributed by atoms with Gasteiger partial charge in [0, 0.05) is 6.54 Å². The van der Waals surface area contributed by atoms with E-state index in [0.717, 1.165) is 5.56 Å². The highest BCUT2D eigenvalue weighted by molar-refractivity contribution is 5.79. The molecule has 1 amide bonds.